The van der Waals surface area contributed by atoms with Crippen LogP contribution in [0.3, 0.4) is 0 Å². The fourth-order valence-electron chi connectivity index (χ4n) is 2.87. The topological polar surface area (TPSA) is 64.6 Å². The second-order valence-corrected chi connectivity index (χ2v) is 7.24. The molecule has 1 aromatic heterocycles. The second-order valence-electron chi connectivity index (χ2n) is 6.15. The van der Waals surface area contributed by atoms with Crippen LogP contribution in [0.1, 0.15) is 28.6 Å². The van der Waals surface area contributed by atoms with Crippen LogP contribution in [-0.4, -0.2) is 38.1 Å². The quantitative estimate of drug-likeness (QED) is 0.753. The SMILES string of the molecule is COCCC(=O)NC[C@H]1Cc2cc(F)cc(-c3ccc(C(C)=O)s3)c2O1. The number of thiophene rings is 1. The number of fused-ring (bicyclic) bond motifs is 1. The Labute approximate surface area is 155 Å². The number of ether oxygens (including phenoxy) is 2. The summed E-state index contributed by atoms with van der Waals surface area (Å²) in [5.74, 6) is 0.151. The summed E-state index contributed by atoms with van der Waals surface area (Å²) in [6, 6.07) is 6.43. The van der Waals surface area contributed by atoms with Crippen LogP contribution in [0.15, 0.2) is 24.3 Å². The van der Waals surface area contributed by atoms with E-state index < -0.39 is 0 Å². The Morgan fingerprint density at radius 3 is 2.88 bits per heavy atom. The first-order valence-corrected chi connectivity index (χ1v) is 9.15. The first-order valence-electron chi connectivity index (χ1n) is 8.33. The number of carbonyl (C=O) groups is 2. The van der Waals surface area contributed by atoms with Crippen molar-refractivity contribution >= 4 is 23.0 Å². The van der Waals surface area contributed by atoms with Gasteiger partial charge in [0.05, 0.1) is 18.0 Å². The van der Waals surface area contributed by atoms with Crippen LogP contribution in [0.25, 0.3) is 10.4 Å². The van der Waals surface area contributed by atoms with E-state index in [2.05, 4.69) is 5.32 Å². The molecule has 1 aliphatic rings. The van der Waals surface area contributed by atoms with E-state index in [9.17, 15) is 14.0 Å². The van der Waals surface area contributed by atoms with Gasteiger partial charge in [0, 0.05) is 36.0 Å². The number of nitrogens with one attached hydrogen (secondary N) is 1. The lowest BCUT2D eigenvalue weighted by Gasteiger charge is -2.13. The highest BCUT2D eigenvalue weighted by Crippen LogP contribution is 2.42. The summed E-state index contributed by atoms with van der Waals surface area (Å²) >= 11 is 1.32. The summed E-state index contributed by atoms with van der Waals surface area (Å²) in [7, 11) is 1.54. The highest BCUT2D eigenvalue weighted by Gasteiger charge is 2.28. The Morgan fingerprint density at radius 2 is 2.19 bits per heavy atom. The van der Waals surface area contributed by atoms with E-state index in [0.717, 1.165) is 10.4 Å². The predicted molar refractivity (Wildman–Crippen MR) is 97.3 cm³/mol. The molecule has 1 amide bonds. The van der Waals surface area contributed by atoms with E-state index in [1.807, 2.05) is 0 Å². The molecule has 1 N–H and O–H groups in total. The molecule has 0 saturated carbocycles. The lowest BCUT2D eigenvalue weighted by Crippen LogP contribution is -2.34. The van der Waals surface area contributed by atoms with Crippen LogP contribution >= 0.6 is 11.3 Å². The van der Waals surface area contributed by atoms with Gasteiger partial charge in [-0.05, 0) is 31.2 Å². The highest BCUT2D eigenvalue weighted by atomic mass is 32.1. The minimum atomic E-state index is -0.343. The average Bonchev–Trinajstić information content (AvgIpc) is 3.24. The molecule has 3 rings (SSSR count). The summed E-state index contributed by atoms with van der Waals surface area (Å²) in [6.45, 7) is 2.22. The maximum atomic E-state index is 14.1. The second kappa shape index (κ2) is 7.97. The van der Waals surface area contributed by atoms with Gasteiger partial charge < -0.3 is 14.8 Å². The first-order chi connectivity index (χ1) is 12.5. The number of halogens is 1. The molecule has 2 heterocycles. The summed E-state index contributed by atoms with van der Waals surface area (Å²) in [6.07, 6.45) is 0.568. The fraction of sp³-hybridized carbons (Fsp3) is 0.368. The molecule has 5 nitrogen and oxygen atoms in total. The smallest absolute Gasteiger partial charge is 0.222 e. The molecular formula is C19H20FNO4S. The van der Waals surface area contributed by atoms with Crippen LogP contribution in [-0.2, 0) is 16.0 Å². The molecule has 138 valence electrons. The molecule has 0 saturated heterocycles. The van der Waals surface area contributed by atoms with Gasteiger partial charge in [0.2, 0.25) is 5.91 Å². The zero-order valence-electron chi connectivity index (χ0n) is 14.6. The lowest BCUT2D eigenvalue weighted by molar-refractivity contribution is -0.122. The van der Waals surface area contributed by atoms with Crippen molar-refractivity contribution in [1.29, 1.82) is 0 Å². The van der Waals surface area contributed by atoms with E-state index in [1.54, 1.807) is 19.2 Å². The third-order valence-electron chi connectivity index (χ3n) is 4.14. The zero-order chi connectivity index (χ0) is 18.7. The molecule has 26 heavy (non-hydrogen) atoms. The molecule has 0 unspecified atom stereocenters. The molecule has 2 aromatic rings. The number of Topliss-reactive ketones (excluding diaryl/α,β-unsaturated/α-hetero) is 1. The van der Waals surface area contributed by atoms with Crippen molar-refractivity contribution in [2.75, 3.05) is 20.3 Å². The molecule has 1 aliphatic heterocycles. The van der Waals surface area contributed by atoms with Gasteiger partial charge in [0.25, 0.3) is 0 Å². The van der Waals surface area contributed by atoms with E-state index in [1.165, 1.54) is 30.4 Å². The number of benzene rings is 1. The van der Waals surface area contributed by atoms with Gasteiger partial charge in [0.15, 0.2) is 5.78 Å². The molecule has 0 aliphatic carbocycles. The minimum Gasteiger partial charge on any atom is -0.487 e. The standard InChI is InChI=1S/C19H20FNO4S/c1-11(22)16-3-4-17(26-16)15-9-13(20)7-12-8-14(25-19(12)15)10-21-18(23)5-6-24-2/h3-4,7,9,14H,5-6,8,10H2,1-2H3,(H,21,23)/t14-/m1/s1. The third-order valence-corrected chi connectivity index (χ3v) is 5.36. The Bertz CT molecular complexity index is 833. The monoisotopic (exact) mass is 377 g/mol. The predicted octanol–water partition coefficient (Wildman–Crippen LogP) is 3.21. The number of carbonyl (C=O) groups excluding carboxylic acids is 2. The van der Waals surface area contributed by atoms with Crippen molar-refractivity contribution in [1.82, 2.24) is 5.32 Å². The summed E-state index contributed by atoms with van der Waals surface area (Å²) in [4.78, 5) is 24.6. The van der Waals surface area contributed by atoms with Crippen LogP contribution in [0.4, 0.5) is 4.39 Å². The molecule has 7 heteroatoms. The third kappa shape index (κ3) is 4.11. The molecule has 0 radical (unpaired) electrons. The minimum absolute atomic E-state index is 0.0214. The first kappa shape index (κ1) is 18.5. The number of methoxy groups -OCH3 is 1. The molecule has 0 spiro atoms. The number of ketones is 1. The van der Waals surface area contributed by atoms with Crippen molar-refractivity contribution in [3.05, 3.63) is 40.5 Å². The van der Waals surface area contributed by atoms with Gasteiger partial charge in [-0.15, -0.1) is 11.3 Å². The zero-order valence-corrected chi connectivity index (χ0v) is 15.5. The van der Waals surface area contributed by atoms with E-state index in [-0.39, 0.29) is 23.6 Å². The number of rotatable bonds is 7. The summed E-state index contributed by atoms with van der Waals surface area (Å²) in [5, 5.41) is 2.81. The van der Waals surface area contributed by atoms with Crippen molar-refractivity contribution in [2.45, 2.75) is 25.9 Å². The number of hydrogen-bond acceptors (Lipinski definition) is 5. The normalized spacial score (nSPS) is 15.4. The molecule has 1 atom stereocenters. The largest absolute Gasteiger partial charge is 0.487 e. The van der Waals surface area contributed by atoms with Crippen molar-refractivity contribution in [2.24, 2.45) is 0 Å². The van der Waals surface area contributed by atoms with E-state index >= 15 is 0 Å². The van der Waals surface area contributed by atoms with Gasteiger partial charge in [-0.3, -0.25) is 9.59 Å². The van der Waals surface area contributed by atoms with Gasteiger partial charge >= 0.3 is 0 Å². The maximum absolute atomic E-state index is 14.1. The molecular weight excluding hydrogens is 357 g/mol. The highest BCUT2D eigenvalue weighted by molar-refractivity contribution is 7.17. The maximum Gasteiger partial charge on any atom is 0.222 e. The van der Waals surface area contributed by atoms with Crippen molar-refractivity contribution < 1.29 is 23.5 Å². The number of amides is 1. The Balaban J connectivity index is 1.75. The van der Waals surface area contributed by atoms with Crippen LogP contribution < -0.4 is 10.1 Å². The van der Waals surface area contributed by atoms with Crippen LogP contribution in [0.2, 0.25) is 0 Å². The van der Waals surface area contributed by atoms with Crippen LogP contribution in [0, 0.1) is 5.82 Å². The molecule has 0 fully saturated rings. The molecule has 0 bridgehead atoms. The Kier molecular flexibility index (Phi) is 5.68. The van der Waals surface area contributed by atoms with Gasteiger partial charge in [-0.1, -0.05) is 0 Å². The average molecular weight is 377 g/mol. The summed E-state index contributed by atoms with van der Waals surface area (Å²) < 4.78 is 24.9. The van der Waals surface area contributed by atoms with E-state index in [0.29, 0.717) is 42.2 Å². The van der Waals surface area contributed by atoms with E-state index in [4.69, 9.17) is 9.47 Å². The Morgan fingerprint density at radius 1 is 1.38 bits per heavy atom. The fourth-order valence-corrected chi connectivity index (χ4v) is 3.79. The van der Waals surface area contributed by atoms with Gasteiger partial charge in [-0.2, -0.15) is 0 Å². The molecule has 1 aromatic carbocycles. The van der Waals surface area contributed by atoms with Crippen molar-refractivity contribution in [3.63, 3.8) is 0 Å². The summed E-state index contributed by atoms with van der Waals surface area (Å²) in [5.41, 5.74) is 1.42. The van der Waals surface area contributed by atoms with Gasteiger partial charge in [-0.25, -0.2) is 4.39 Å². The van der Waals surface area contributed by atoms with Crippen molar-refractivity contribution in [3.8, 4) is 16.2 Å². The Hall–Kier alpha value is -2.25. The number of hydrogen-bond donors (Lipinski definition) is 1. The lowest BCUT2D eigenvalue weighted by atomic mass is 10.0. The van der Waals surface area contributed by atoms with Gasteiger partial charge in [0.1, 0.15) is 17.7 Å². The van der Waals surface area contributed by atoms with Crippen LogP contribution in [0.5, 0.6) is 5.75 Å².